The predicted molar refractivity (Wildman–Crippen MR) is 81.7 cm³/mol. The zero-order chi connectivity index (χ0) is 15.6. The quantitative estimate of drug-likeness (QED) is 0.853. The van der Waals surface area contributed by atoms with Gasteiger partial charge in [0.05, 0.1) is 30.0 Å². The van der Waals surface area contributed by atoms with Crippen molar-refractivity contribution in [3.63, 3.8) is 0 Å². The van der Waals surface area contributed by atoms with Gasteiger partial charge < -0.3 is 20.1 Å². The van der Waals surface area contributed by atoms with E-state index in [1.165, 1.54) is 6.07 Å². The summed E-state index contributed by atoms with van der Waals surface area (Å²) in [6.07, 6.45) is -0.0317. The van der Waals surface area contributed by atoms with Crippen molar-refractivity contribution in [2.75, 3.05) is 18.5 Å². The third kappa shape index (κ3) is 3.74. The van der Waals surface area contributed by atoms with Crippen LogP contribution in [0.2, 0.25) is 0 Å². The minimum atomic E-state index is -1.09. The highest BCUT2D eigenvalue weighted by Crippen LogP contribution is 2.22. The number of carbonyl (C=O) groups is 2. The molecule has 1 aromatic carbocycles. The van der Waals surface area contributed by atoms with Crippen molar-refractivity contribution in [2.45, 2.75) is 26.0 Å². The van der Waals surface area contributed by atoms with Crippen LogP contribution in [0.25, 0.3) is 0 Å². The maximum Gasteiger partial charge on any atom is 0.337 e. The van der Waals surface area contributed by atoms with Gasteiger partial charge in [0.15, 0.2) is 0 Å². The van der Waals surface area contributed by atoms with Crippen LogP contribution in [0.5, 0.6) is 0 Å². The van der Waals surface area contributed by atoms with Crippen LogP contribution in [0.4, 0.5) is 10.5 Å². The van der Waals surface area contributed by atoms with Crippen molar-refractivity contribution in [3.8, 4) is 0 Å². The van der Waals surface area contributed by atoms with Crippen molar-refractivity contribution in [2.24, 2.45) is 0 Å². The Hall–Kier alpha value is -1.60. The normalized spacial score (nSPS) is 22.0. The number of hydrogen-bond donors (Lipinski definition) is 2. The second-order valence-electron chi connectivity index (χ2n) is 5.07. The Kier molecular flexibility index (Phi) is 4.84. The Balaban J connectivity index is 2.17. The van der Waals surface area contributed by atoms with E-state index in [9.17, 15) is 14.7 Å². The molecule has 21 heavy (non-hydrogen) atoms. The number of ether oxygens (including phenoxy) is 1. The minimum absolute atomic E-state index is 0.0317. The summed E-state index contributed by atoms with van der Waals surface area (Å²) < 4.78 is 6.12. The van der Waals surface area contributed by atoms with E-state index in [0.717, 1.165) is 0 Å². The van der Waals surface area contributed by atoms with Crippen LogP contribution in [0.3, 0.4) is 0 Å². The van der Waals surface area contributed by atoms with E-state index in [1.54, 1.807) is 17.0 Å². The van der Waals surface area contributed by atoms with E-state index < -0.39 is 5.97 Å². The average Bonchev–Trinajstić information content (AvgIpc) is 2.43. The van der Waals surface area contributed by atoms with Crippen LogP contribution in [-0.2, 0) is 4.74 Å². The Labute approximate surface area is 131 Å². The van der Waals surface area contributed by atoms with Crippen LogP contribution in [0, 0.1) is 0 Å². The summed E-state index contributed by atoms with van der Waals surface area (Å²) in [6.45, 7) is 4.74. The van der Waals surface area contributed by atoms with Crippen LogP contribution < -0.4 is 5.32 Å². The van der Waals surface area contributed by atoms with Crippen molar-refractivity contribution in [3.05, 3.63) is 28.2 Å². The monoisotopic (exact) mass is 356 g/mol. The molecule has 1 saturated heterocycles. The van der Waals surface area contributed by atoms with E-state index in [1.807, 2.05) is 13.8 Å². The number of anilines is 1. The maximum atomic E-state index is 12.3. The number of nitrogens with one attached hydrogen (secondary N) is 1. The number of rotatable bonds is 2. The van der Waals surface area contributed by atoms with Gasteiger partial charge in [-0.25, -0.2) is 9.59 Å². The first-order chi connectivity index (χ1) is 9.88. The molecule has 1 heterocycles. The first-order valence-corrected chi connectivity index (χ1v) is 7.40. The number of halogens is 1. The summed E-state index contributed by atoms with van der Waals surface area (Å²) in [7, 11) is 0. The largest absolute Gasteiger partial charge is 0.478 e. The minimum Gasteiger partial charge on any atom is -0.478 e. The van der Waals surface area contributed by atoms with E-state index in [0.29, 0.717) is 17.6 Å². The number of carboxylic acid groups (broad SMARTS) is 1. The molecular weight excluding hydrogens is 340 g/mol. The first-order valence-electron chi connectivity index (χ1n) is 6.60. The zero-order valence-corrected chi connectivity index (χ0v) is 13.4. The number of carbonyl (C=O) groups excluding carboxylic acids is 1. The molecule has 0 spiro atoms. The molecule has 2 rings (SSSR count). The molecule has 7 heteroatoms. The molecular formula is C14H17BrN2O4. The molecule has 114 valence electrons. The molecule has 0 bridgehead atoms. The molecule has 2 amide bonds. The van der Waals surface area contributed by atoms with Gasteiger partial charge in [-0.2, -0.15) is 0 Å². The maximum absolute atomic E-state index is 12.3. The second-order valence-corrected chi connectivity index (χ2v) is 5.99. The predicted octanol–water partition coefficient (Wildman–Crippen LogP) is 2.79. The molecule has 1 aliphatic heterocycles. The molecule has 1 aliphatic rings. The van der Waals surface area contributed by atoms with Crippen molar-refractivity contribution >= 4 is 33.6 Å². The number of urea groups is 1. The molecule has 2 N–H and O–H groups in total. The van der Waals surface area contributed by atoms with Crippen molar-refractivity contribution < 1.29 is 19.4 Å². The SMILES string of the molecule is CC1CN(C(=O)Nc2ccc(Br)cc2C(=O)O)C(C)CO1. The lowest BCUT2D eigenvalue weighted by Gasteiger charge is -2.36. The van der Waals surface area contributed by atoms with Gasteiger partial charge in [0.2, 0.25) is 0 Å². The summed E-state index contributed by atoms with van der Waals surface area (Å²) in [6, 6.07) is 4.35. The molecule has 1 aromatic rings. The lowest BCUT2D eigenvalue weighted by atomic mass is 10.1. The fourth-order valence-corrected chi connectivity index (χ4v) is 2.54. The third-order valence-electron chi connectivity index (χ3n) is 3.32. The molecule has 2 atom stereocenters. The number of amides is 2. The lowest BCUT2D eigenvalue weighted by molar-refractivity contribution is -0.0296. The molecule has 6 nitrogen and oxygen atoms in total. The van der Waals surface area contributed by atoms with Crippen LogP contribution in [0.15, 0.2) is 22.7 Å². The topological polar surface area (TPSA) is 78.9 Å². The van der Waals surface area contributed by atoms with E-state index >= 15 is 0 Å². The summed E-state index contributed by atoms with van der Waals surface area (Å²) in [4.78, 5) is 25.2. The van der Waals surface area contributed by atoms with Gasteiger partial charge in [-0.1, -0.05) is 15.9 Å². The van der Waals surface area contributed by atoms with Crippen molar-refractivity contribution in [1.82, 2.24) is 4.90 Å². The summed E-state index contributed by atoms with van der Waals surface area (Å²) in [5, 5.41) is 11.9. The molecule has 0 saturated carbocycles. The highest BCUT2D eigenvalue weighted by molar-refractivity contribution is 9.10. The van der Waals surface area contributed by atoms with Gasteiger partial charge in [0.1, 0.15) is 0 Å². The molecule has 0 radical (unpaired) electrons. The fourth-order valence-electron chi connectivity index (χ4n) is 2.18. The average molecular weight is 357 g/mol. The molecule has 1 fully saturated rings. The Morgan fingerprint density at radius 1 is 1.43 bits per heavy atom. The summed E-state index contributed by atoms with van der Waals surface area (Å²) in [5.74, 6) is -1.09. The van der Waals surface area contributed by atoms with E-state index in [2.05, 4.69) is 21.2 Å². The number of benzene rings is 1. The number of hydrogen-bond acceptors (Lipinski definition) is 3. The second kappa shape index (κ2) is 6.44. The van der Waals surface area contributed by atoms with Gasteiger partial charge in [-0.3, -0.25) is 0 Å². The van der Waals surface area contributed by atoms with E-state index in [4.69, 9.17) is 4.74 Å². The van der Waals surface area contributed by atoms with E-state index in [-0.39, 0.29) is 29.4 Å². The highest BCUT2D eigenvalue weighted by atomic mass is 79.9. The lowest BCUT2D eigenvalue weighted by Crippen LogP contribution is -2.51. The molecule has 2 unspecified atom stereocenters. The number of nitrogens with zero attached hydrogens (tertiary/aromatic N) is 1. The zero-order valence-electron chi connectivity index (χ0n) is 11.8. The standard InChI is InChI=1S/C14H17BrN2O4/c1-8-7-21-9(2)6-17(8)14(20)16-12-4-3-10(15)5-11(12)13(18)19/h3-5,8-9H,6-7H2,1-2H3,(H,16,20)(H,18,19). The first kappa shape index (κ1) is 15.8. The third-order valence-corrected chi connectivity index (χ3v) is 3.82. The highest BCUT2D eigenvalue weighted by Gasteiger charge is 2.28. The van der Waals surface area contributed by atoms with Gasteiger partial charge >= 0.3 is 12.0 Å². The number of aromatic carboxylic acids is 1. The Bertz CT molecular complexity index is 564. The Morgan fingerprint density at radius 3 is 2.81 bits per heavy atom. The smallest absolute Gasteiger partial charge is 0.337 e. The number of morpholine rings is 1. The Morgan fingerprint density at radius 2 is 2.14 bits per heavy atom. The molecule has 0 aliphatic carbocycles. The van der Waals surface area contributed by atoms with Gasteiger partial charge in [0.25, 0.3) is 0 Å². The van der Waals surface area contributed by atoms with Gasteiger partial charge in [-0.15, -0.1) is 0 Å². The number of carboxylic acids is 1. The summed E-state index contributed by atoms with van der Waals surface area (Å²) >= 11 is 3.22. The van der Waals surface area contributed by atoms with Gasteiger partial charge in [-0.05, 0) is 32.0 Å². The van der Waals surface area contributed by atoms with Crippen LogP contribution in [-0.4, -0.2) is 47.3 Å². The molecule has 0 aromatic heterocycles. The van der Waals surface area contributed by atoms with Crippen LogP contribution >= 0.6 is 15.9 Å². The summed E-state index contributed by atoms with van der Waals surface area (Å²) in [5.41, 5.74) is 0.328. The van der Waals surface area contributed by atoms with Crippen molar-refractivity contribution in [1.29, 1.82) is 0 Å². The van der Waals surface area contributed by atoms with Crippen LogP contribution in [0.1, 0.15) is 24.2 Å². The fraction of sp³-hybridized carbons (Fsp3) is 0.429. The van der Waals surface area contributed by atoms with Gasteiger partial charge in [0, 0.05) is 11.0 Å².